The van der Waals surface area contributed by atoms with Crippen molar-refractivity contribution in [2.24, 2.45) is 0 Å². The summed E-state index contributed by atoms with van der Waals surface area (Å²) < 4.78 is 29.9. The number of alkyl halides is 2. The maximum Gasteiger partial charge on any atom is 0.340 e. The fraction of sp³-hybridized carbons (Fsp3) is 0.133. The number of nitrogens with zero attached hydrogens (tertiary/aromatic N) is 1. The van der Waals surface area contributed by atoms with Gasteiger partial charge in [-0.1, -0.05) is 11.8 Å². The molecule has 9 heteroatoms. The van der Waals surface area contributed by atoms with Crippen molar-refractivity contribution in [2.75, 3.05) is 11.9 Å². The SMILES string of the molecule is O=C(COC(=O)c1cncc(Br)c1)Nc1ccc(SC(F)F)cc1. The molecule has 2 rings (SSSR count). The number of halogens is 3. The highest BCUT2D eigenvalue weighted by atomic mass is 79.9. The lowest BCUT2D eigenvalue weighted by Crippen LogP contribution is -2.21. The summed E-state index contributed by atoms with van der Waals surface area (Å²) in [5.41, 5.74) is 0.629. The van der Waals surface area contributed by atoms with E-state index in [0.717, 1.165) is 0 Å². The van der Waals surface area contributed by atoms with Crippen LogP contribution in [0.2, 0.25) is 0 Å². The van der Waals surface area contributed by atoms with E-state index in [1.54, 1.807) is 0 Å². The largest absolute Gasteiger partial charge is 0.452 e. The van der Waals surface area contributed by atoms with Gasteiger partial charge in [-0.05, 0) is 46.3 Å². The second-order valence-corrected chi connectivity index (χ2v) is 6.40. The number of amides is 1. The van der Waals surface area contributed by atoms with Crippen LogP contribution in [0.4, 0.5) is 14.5 Å². The van der Waals surface area contributed by atoms with Crippen molar-refractivity contribution in [3.05, 3.63) is 52.8 Å². The Balaban J connectivity index is 1.83. The summed E-state index contributed by atoms with van der Waals surface area (Å²) in [7, 11) is 0. The predicted octanol–water partition coefficient (Wildman–Crippen LogP) is 3.95. The zero-order valence-corrected chi connectivity index (χ0v) is 14.4. The van der Waals surface area contributed by atoms with Crippen LogP contribution in [0.1, 0.15) is 10.4 Å². The van der Waals surface area contributed by atoms with E-state index in [0.29, 0.717) is 26.8 Å². The molecule has 0 radical (unpaired) electrons. The Bertz CT molecular complexity index is 729. The molecule has 0 unspecified atom stereocenters. The van der Waals surface area contributed by atoms with E-state index in [4.69, 9.17) is 4.74 Å². The molecule has 0 atom stereocenters. The molecule has 126 valence electrons. The first-order valence-electron chi connectivity index (χ1n) is 6.56. The van der Waals surface area contributed by atoms with Crippen LogP contribution < -0.4 is 5.32 Å². The molecule has 0 spiro atoms. The molecule has 0 saturated carbocycles. The highest BCUT2D eigenvalue weighted by Gasteiger charge is 2.11. The first-order valence-corrected chi connectivity index (χ1v) is 8.23. The van der Waals surface area contributed by atoms with Gasteiger partial charge in [0, 0.05) is 27.4 Å². The number of rotatable bonds is 6. The number of esters is 1. The van der Waals surface area contributed by atoms with Gasteiger partial charge in [0.1, 0.15) is 0 Å². The Hall–Kier alpha value is -2.00. The van der Waals surface area contributed by atoms with Crippen molar-refractivity contribution < 1.29 is 23.1 Å². The van der Waals surface area contributed by atoms with Crippen LogP contribution in [0.5, 0.6) is 0 Å². The smallest absolute Gasteiger partial charge is 0.340 e. The van der Waals surface area contributed by atoms with Crippen LogP contribution in [-0.4, -0.2) is 29.2 Å². The van der Waals surface area contributed by atoms with Gasteiger partial charge in [-0.15, -0.1) is 0 Å². The molecule has 2 aromatic rings. The molecule has 1 heterocycles. The van der Waals surface area contributed by atoms with Crippen molar-refractivity contribution in [2.45, 2.75) is 10.7 Å². The summed E-state index contributed by atoms with van der Waals surface area (Å²) in [6, 6.07) is 7.43. The third-order valence-electron chi connectivity index (χ3n) is 2.64. The topological polar surface area (TPSA) is 68.3 Å². The van der Waals surface area contributed by atoms with Gasteiger partial charge >= 0.3 is 5.97 Å². The zero-order chi connectivity index (χ0) is 17.5. The van der Waals surface area contributed by atoms with Crippen LogP contribution in [-0.2, 0) is 9.53 Å². The standard InChI is InChI=1S/C15H11BrF2N2O3S/c16-10-5-9(6-19-7-10)14(22)23-8-13(21)20-11-1-3-12(4-2-11)24-15(17)18/h1-7,15H,8H2,(H,20,21). The lowest BCUT2D eigenvalue weighted by atomic mass is 10.3. The molecule has 1 N–H and O–H groups in total. The van der Waals surface area contributed by atoms with Crippen molar-refractivity contribution in [3.63, 3.8) is 0 Å². The van der Waals surface area contributed by atoms with Crippen LogP contribution in [0, 0.1) is 0 Å². The molecule has 1 amide bonds. The number of anilines is 1. The number of ether oxygens (including phenoxy) is 1. The number of hydrogen-bond acceptors (Lipinski definition) is 5. The molecule has 0 aliphatic carbocycles. The number of nitrogens with one attached hydrogen (secondary N) is 1. The molecular formula is C15H11BrF2N2O3S. The Kier molecular flexibility index (Phi) is 6.68. The van der Waals surface area contributed by atoms with Crippen molar-refractivity contribution in [1.82, 2.24) is 4.98 Å². The van der Waals surface area contributed by atoms with Crippen molar-refractivity contribution >= 4 is 45.3 Å². The monoisotopic (exact) mass is 416 g/mol. The van der Waals surface area contributed by atoms with Gasteiger partial charge in [-0.2, -0.15) is 8.78 Å². The molecule has 0 aliphatic rings. The summed E-state index contributed by atoms with van der Waals surface area (Å²) in [5.74, 6) is -3.72. The average molecular weight is 417 g/mol. The van der Waals surface area contributed by atoms with E-state index >= 15 is 0 Å². The molecule has 0 fully saturated rings. The summed E-state index contributed by atoms with van der Waals surface area (Å²) in [6.45, 7) is -0.473. The normalized spacial score (nSPS) is 10.5. The highest BCUT2D eigenvalue weighted by molar-refractivity contribution is 9.10. The Labute approximate surface area is 148 Å². The first kappa shape index (κ1) is 18.3. The predicted molar refractivity (Wildman–Crippen MR) is 89.2 cm³/mol. The van der Waals surface area contributed by atoms with Crippen molar-refractivity contribution in [3.8, 4) is 0 Å². The molecule has 1 aromatic carbocycles. The van der Waals surface area contributed by atoms with Gasteiger partial charge in [-0.25, -0.2) is 4.79 Å². The summed E-state index contributed by atoms with van der Waals surface area (Å²) in [6.07, 6.45) is 2.84. The van der Waals surface area contributed by atoms with Crippen LogP contribution in [0.15, 0.2) is 52.1 Å². The number of carbonyl (C=O) groups excluding carboxylic acids is 2. The van der Waals surface area contributed by atoms with E-state index in [9.17, 15) is 18.4 Å². The lowest BCUT2D eigenvalue weighted by Gasteiger charge is -2.07. The second-order valence-electron chi connectivity index (χ2n) is 4.42. The van der Waals surface area contributed by atoms with E-state index in [2.05, 4.69) is 26.2 Å². The number of hydrogen-bond donors (Lipinski definition) is 1. The molecule has 0 aliphatic heterocycles. The number of benzene rings is 1. The first-order chi connectivity index (χ1) is 11.4. The van der Waals surface area contributed by atoms with Crippen molar-refractivity contribution in [1.29, 1.82) is 0 Å². The van der Waals surface area contributed by atoms with E-state index < -0.39 is 24.2 Å². The van der Waals surface area contributed by atoms with Gasteiger partial charge in [0.25, 0.3) is 11.7 Å². The summed E-state index contributed by atoms with van der Waals surface area (Å²) in [5, 5.41) is 2.50. The van der Waals surface area contributed by atoms with Crippen LogP contribution >= 0.6 is 27.7 Å². The third-order valence-corrected chi connectivity index (χ3v) is 3.79. The Morgan fingerprint density at radius 2 is 1.96 bits per heavy atom. The maximum absolute atomic E-state index is 12.2. The number of pyridine rings is 1. The molecule has 1 aromatic heterocycles. The Morgan fingerprint density at radius 1 is 1.25 bits per heavy atom. The minimum atomic E-state index is -2.50. The van der Waals surface area contributed by atoms with Gasteiger partial charge in [0.15, 0.2) is 6.61 Å². The fourth-order valence-electron chi connectivity index (χ4n) is 1.65. The van der Waals surface area contributed by atoms with Gasteiger partial charge in [0.05, 0.1) is 5.56 Å². The molecule has 0 bridgehead atoms. The van der Waals surface area contributed by atoms with Crippen LogP contribution in [0.3, 0.4) is 0 Å². The maximum atomic E-state index is 12.2. The van der Waals surface area contributed by atoms with E-state index in [1.807, 2.05) is 0 Å². The van der Waals surface area contributed by atoms with E-state index in [-0.39, 0.29) is 5.56 Å². The van der Waals surface area contributed by atoms with Crippen LogP contribution in [0.25, 0.3) is 0 Å². The number of thioether (sulfide) groups is 1. The van der Waals surface area contributed by atoms with Gasteiger partial charge in [-0.3, -0.25) is 9.78 Å². The van der Waals surface area contributed by atoms with E-state index in [1.165, 1.54) is 42.7 Å². The molecular weight excluding hydrogens is 406 g/mol. The number of aromatic nitrogens is 1. The summed E-state index contributed by atoms with van der Waals surface area (Å²) >= 11 is 3.59. The minimum absolute atomic E-state index is 0.213. The third kappa shape index (κ3) is 5.89. The quantitative estimate of drug-likeness (QED) is 0.570. The summed E-state index contributed by atoms with van der Waals surface area (Å²) in [4.78, 5) is 27.7. The molecule has 0 saturated heterocycles. The zero-order valence-electron chi connectivity index (χ0n) is 12.0. The highest BCUT2D eigenvalue weighted by Crippen LogP contribution is 2.26. The molecule has 5 nitrogen and oxygen atoms in total. The average Bonchev–Trinajstić information content (AvgIpc) is 2.54. The Morgan fingerprint density at radius 3 is 2.58 bits per heavy atom. The van der Waals surface area contributed by atoms with Gasteiger partial charge in [0.2, 0.25) is 0 Å². The number of carbonyl (C=O) groups is 2. The fourth-order valence-corrected chi connectivity index (χ4v) is 2.52. The van der Waals surface area contributed by atoms with Gasteiger partial charge < -0.3 is 10.1 Å². The second kappa shape index (κ2) is 8.74. The minimum Gasteiger partial charge on any atom is -0.452 e. The lowest BCUT2D eigenvalue weighted by molar-refractivity contribution is -0.119. The molecule has 24 heavy (non-hydrogen) atoms.